The van der Waals surface area contributed by atoms with Crippen molar-refractivity contribution in [2.75, 3.05) is 5.73 Å². The molecule has 0 fully saturated rings. The van der Waals surface area contributed by atoms with Crippen LogP contribution in [0.1, 0.15) is 40.1 Å². The van der Waals surface area contributed by atoms with Crippen LogP contribution in [0.5, 0.6) is 0 Å². The van der Waals surface area contributed by atoms with Crippen molar-refractivity contribution in [3.8, 4) is 17.5 Å². The van der Waals surface area contributed by atoms with Gasteiger partial charge in [0.2, 0.25) is 0 Å². The predicted molar refractivity (Wildman–Crippen MR) is 157 cm³/mol. The van der Waals surface area contributed by atoms with Gasteiger partial charge in [0.25, 0.3) is 11.5 Å². The Hall–Kier alpha value is -5.76. The molecule has 0 aliphatic carbocycles. The number of carbonyl (C=O) groups excluding carboxylic acids is 1. The van der Waals surface area contributed by atoms with Gasteiger partial charge in [0.15, 0.2) is 17.2 Å². The summed E-state index contributed by atoms with van der Waals surface area (Å²) in [7, 11) is 1.88. The number of para-hydroxylation sites is 1. The summed E-state index contributed by atoms with van der Waals surface area (Å²) < 4.78 is 4.78. The van der Waals surface area contributed by atoms with Gasteiger partial charge in [-0.1, -0.05) is 43.0 Å². The first kappa shape index (κ1) is 26.8. The molecular formula is C30H27N9O2. The smallest absolute Gasteiger partial charge is 0.271 e. The van der Waals surface area contributed by atoms with E-state index in [2.05, 4.69) is 27.0 Å². The van der Waals surface area contributed by atoms with E-state index in [0.717, 1.165) is 22.8 Å². The van der Waals surface area contributed by atoms with Crippen molar-refractivity contribution in [3.63, 3.8) is 0 Å². The number of nitrogens with zero attached hydrogens (tertiary/aromatic N) is 7. The van der Waals surface area contributed by atoms with Crippen molar-refractivity contribution in [2.45, 2.75) is 20.3 Å². The summed E-state index contributed by atoms with van der Waals surface area (Å²) in [5, 5.41) is 8.66. The highest BCUT2D eigenvalue weighted by molar-refractivity contribution is 5.96. The number of carbonyl (C=O) groups is 1. The Kier molecular flexibility index (Phi) is 7.30. The van der Waals surface area contributed by atoms with Crippen molar-refractivity contribution >= 4 is 28.3 Å². The van der Waals surface area contributed by atoms with Crippen LogP contribution in [0.2, 0.25) is 0 Å². The van der Waals surface area contributed by atoms with E-state index >= 15 is 0 Å². The molecule has 4 aromatic heterocycles. The first-order valence-electron chi connectivity index (χ1n) is 12.8. The van der Waals surface area contributed by atoms with E-state index in [1.54, 1.807) is 27.6 Å². The van der Waals surface area contributed by atoms with Crippen molar-refractivity contribution < 1.29 is 4.79 Å². The van der Waals surface area contributed by atoms with E-state index in [1.807, 2.05) is 69.4 Å². The molecule has 0 saturated heterocycles. The molecule has 0 spiro atoms. The molecule has 4 N–H and O–H groups in total. The molecular weight excluding hydrogens is 518 g/mol. The maximum atomic E-state index is 13.5. The van der Waals surface area contributed by atoms with Gasteiger partial charge in [-0.05, 0) is 43.3 Å². The second-order valence-corrected chi connectivity index (χ2v) is 9.08. The lowest BCUT2D eigenvalue weighted by Gasteiger charge is -2.13. The van der Waals surface area contributed by atoms with Gasteiger partial charge in [0, 0.05) is 25.2 Å². The van der Waals surface area contributed by atoms with Crippen LogP contribution in [0, 0.1) is 18.8 Å². The Labute approximate surface area is 235 Å². The normalized spacial score (nSPS) is 10.6. The number of fused-ring (bicyclic) bond motifs is 2. The zero-order valence-corrected chi connectivity index (χ0v) is 22.7. The second kappa shape index (κ2) is 11.2. The molecule has 0 bridgehead atoms. The van der Waals surface area contributed by atoms with E-state index in [0.29, 0.717) is 28.5 Å². The maximum absolute atomic E-state index is 13.5. The third kappa shape index (κ3) is 5.14. The van der Waals surface area contributed by atoms with E-state index in [4.69, 9.17) is 16.5 Å². The summed E-state index contributed by atoms with van der Waals surface area (Å²) in [5.74, 6) is 6.51. The number of nitrogen functional groups attached to an aromatic ring is 1. The van der Waals surface area contributed by atoms with Gasteiger partial charge < -0.3 is 11.5 Å². The first-order valence-corrected chi connectivity index (χ1v) is 12.8. The van der Waals surface area contributed by atoms with Gasteiger partial charge in [-0.25, -0.2) is 14.5 Å². The predicted octanol–water partition coefficient (Wildman–Crippen LogP) is 2.80. The average molecular weight is 546 g/mol. The number of hydrogen-bond donors (Lipinski definition) is 2. The third-order valence-corrected chi connectivity index (χ3v) is 6.52. The van der Waals surface area contributed by atoms with Crippen LogP contribution in [0.4, 0.5) is 5.82 Å². The highest BCUT2D eigenvalue weighted by atomic mass is 16.1. The van der Waals surface area contributed by atoms with E-state index < -0.39 is 5.91 Å². The minimum Gasteiger partial charge on any atom is -0.382 e. The maximum Gasteiger partial charge on any atom is 0.271 e. The van der Waals surface area contributed by atoms with Gasteiger partial charge in [-0.2, -0.15) is 10.2 Å². The van der Waals surface area contributed by atoms with Gasteiger partial charge in [-0.3, -0.25) is 18.8 Å². The van der Waals surface area contributed by atoms with Gasteiger partial charge in [-0.15, -0.1) is 0 Å². The SMILES string of the molecule is CCc1nc2cccc(C#Cc3cnn(C)c3C)c2c(=O)n1-c1ccccc1.NC(=O)c1c(N)nc2cccnn12. The minimum absolute atomic E-state index is 0.0964. The van der Waals surface area contributed by atoms with Crippen LogP contribution in [-0.2, 0) is 13.5 Å². The summed E-state index contributed by atoms with van der Waals surface area (Å²) in [6.45, 7) is 3.97. The number of primary amides is 1. The molecule has 0 unspecified atom stereocenters. The zero-order chi connectivity index (χ0) is 29.1. The number of anilines is 1. The number of imidazole rings is 1. The third-order valence-electron chi connectivity index (χ3n) is 6.52. The number of nitrogens with two attached hydrogens (primary N) is 2. The molecule has 4 heterocycles. The standard InChI is InChI=1S/C23H20N4O.C7H7N5O/c1-4-21-25-20-12-8-9-17(13-14-18-15-24-26(3)16(18)2)22(20)23(28)27(21)19-10-6-5-7-11-19;8-6-5(7(9)13)12-4(11-6)2-1-3-10-12/h5-12,15H,4H2,1-3H3;1-3H,8H2,(H2,9,13). The summed E-state index contributed by atoms with van der Waals surface area (Å²) in [5.41, 5.74) is 15.1. The summed E-state index contributed by atoms with van der Waals surface area (Å²) in [6.07, 6.45) is 3.93. The molecule has 6 aromatic rings. The fourth-order valence-corrected chi connectivity index (χ4v) is 4.35. The Morgan fingerprint density at radius 3 is 2.39 bits per heavy atom. The van der Waals surface area contributed by atoms with E-state index in [9.17, 15) is 9.59 Å². The monoisotopic (exact) mass is 545 g/mol. The molecule has 11 nitrogen and oxygen atoms in total. The number of hydrogen-bond acceptors (Lipinski definition) is 7. The Balaban J connectivity index is 0.000000216. The van der Waals surface area contributed by atoms with Gasteiger partial charge in [0.1, 0.15) is 5.82 Å². The molecule has 0 aliphatic heterocycles. The largest absolute Gasteiger partial charge is 0.382 e. The van der Waals surface area contributed by atoms with Gasteiger partial charge >= 0.3 is 0 Å². The molecule has 204 valence electrons. The van der Waals surface area contributed by atoms with Crippen LogP contribution in [0.15, 0.2) is 77.9 Å². The fourth-order valence-electron chi connectivity index (χ4n) is 4.35. The summed E-state index contributed by atoms with van der Waals surface area (Å²) >= 11 is 0. The highest BCUT2D eigenvalue weighted by Crippen LogP contribution is 2.17. The molecule has 0 atom stereocenters. The number of aromatic nitrogens is 7. The number of aryl methyl sites for hydroxylation is 2. The lowest BCUT2D eigenvalue weighted by Crippen LogP contribution is -2.24. The number of benzene rings is 2. The molecule has 6 rings (SSSR count). The van der Waals surface area contributed by atoms with Crippen LogP contribution in [0.3, 0.4) is 0 Å². The summed E-state index contributed by atoms with van der Waals surface area (Å²) in [4.78, 5) is 33.0. The van der Waals surface area contributed by atoms with Crippen LogP contribution in [-0.4, -0.2) is 39.8 Å². The van der Waals surface area contributed by atoms with Crippen molar-refractivity contribution in [2.24, 2.45) is 12.8 Å². The van der Waals surface area contributed by atoms with Crippen LogP contribution in [0.25, 0.3) is 22.2 Å². The second-order valence-electron chi connectivity index (χ2n) is 9.08. The highest BCUT2D eigenvalue weighted by Gasteiger charge is 2.15. The average Bonchev–Trinajstić information content (AvgIpc) is 3.49. The van der Waals surface area contributed by atoms with Crippen LogP contribution >= 0.6 is 0 Å². The van der Waals surface area contributed by atoms with Crippen molar-refractivity contribution in [1.82, 2.24) is 33.9 Å². The molecule has 11 heteroatoms. The van der Waals surface area contributed by atoms with Crippen LogP contribution < -0.4 is 17.0 Å². The molecule has 2 aromatic carbocycles. The first-order chi connectivity index (χ1) is 19.8. The lowest BCUT2D eigenvalue weighted by atomic mass is 10.1. The number of amides is 1. The number of rotatable bonds is 3. The Morgan fingerprint density at radius 1 is 0.951 bits per heavy atom. The molecule has 0 saturated carbocycles. The van der Waals surface area contributed by atoms with E-state index in [1.165, 1.54) is 10.7 Å². The van der Waals surface area contributed by atoms with Crippen molar-refractivity contribution in [3.05, 3.63) is 112 Å². The van der Waals surface area contributed by atoms with E-state index in [-0.39, 0.29) is 17.1 Å². The molecule has 41 heavy (non-hydrogen) atoms. The molecule has 1 amide bonds. The fraction of sp³-hybridized carbons (Fsp3) is 0.133. The van der Waals surface area contributed by atoms with Gasteiger partial charge in [0.05, 0.1) is 34.0 Å². The Bertz CT molecular complexity index is 2030. The molecule has 0 radical (unpaired) electrons. The minimum atomic E-state index is -0.635. The van der Waals surface area contributed by atoms with Crippen molar-refractivity contribution in [1.29, 1.82) is 0 Å². The topological polar surface area (TPSA) is 152 Å². The summed E-state index contributed by atoms with van der Waals surface area (Å²) in [6, 6.07) is 18.6. The zero-order valence-electron chi connectivity index (χ0n) is 22.7. The molecule has 0 aliphatic rings. The Morgan fingerprint density at radius 2 is 1.71 bits per heavy atom. The lowest BCUT2D eigenvalue weighted by molar-refractivity contribution is 0.0994. The quantitative estimate of drug-likeness (QED) is 0.324.